The molecule has 8 nitrogen and oxygen atoms in total. The van der Waals surface area contributed by atoms with Crippen LogP contribution in [0, 0.1) is 6.92 Å². The van der Waals surface area contributed by atoms with Crippen LogP contribution < -0.4 is 20.7 Å². The number of carbonyl (C=O) groups excluding carboxylic acids is 2. The molecule has 0 saturated carbocycles. The topological polar surface area (TPSA) is 105 Å². The Morgan fingerprint density at radius 1 is 1.05 bits per heavy atom. The van der Waals surface area contributed by atoms with Gasteiger partial charge in [-0.25, -0.2) is 9.97 Å². The number of carbonyl (C=O) groups is 2. The van der Waals surface area contributed by atoms with Gasteiger partial charge in [0.2, 0.25) is 0 Å². The van der Waals surface area contributed by atoms with Crippen molar-refractivity contribution in [3.63, 3.8) is 0 Å². The molecule has 0 bridgehead atoms. The lowest BCUT2D eigenvalue weighted by atomic mass is 10.1. The largest absolute Gasteiger partial charge is 0.492 e. The van der Waals surface area contributed by atoms with Crippen molar-refractivity contribution < 1.29 is 27.5 Å². The third-order valence-corrected chi connectivity index (χ3v) is 8.03. The maximum atomic E-state index is 12.4. The van der Waals surface area contributed by atoms with Crippen molar-refractivity contribution in [3.05, 3.63) is 58.6 Å². The molecule has 0 radical (unpaired) electrons. The minimum absolute atomic E-state index is 0.0667. The lowest BCUT2D eigenvalue weighted by Gasteiger charge is -2.10. The second-order valence-electron chi connectivity index (χ2n) is 8.68. The lowest BCUT2D eigenvalue weighted by Crippen LogP contribution is -2.31. The first-order chi connectivity index (χ1) is 18.6. The van der Waals surface area contributed by atoms with Crippen LogP contribution in [-0.2, 0) is 9.59 Å². The summed E-state index contributed by atoms with van der Waals surface area (Å²) in [5.41, 5.74) is 2.21. The minimum Gasteiger partial charge on any atom is -0.492 e. The van der Waals surface area contributed by atoms with Crippen LogP contribution in [0.2, 0.25) is 0 Å². The summed E-state index contributed by atoms with van der Waals surface area (Å²) in [7, 11) is 0. The van der Waals surface area contributed by atoms with E-state index < -0.39 is 24.5 Å². The van der Waals surface area contributed by atoms with Crippen LogP contribution in [0.15, 0.2) is 53.0 Å². The number of amides is 2. The predicted octanol–water partition coefficient (Wildman–Crippen LogP) is 5.27. The zero-order valence-electron chi connectivity index (χ0n) is 20.7. The molecule has 1 aliphatic rings. The van der Waals surface area contributed by atoms with E-state index in [1.54, 1.807) is 19.1 Å². The van der Waals surface area contributed by atoms with Gasteiger partial charge in [-0.3, -0.25) is 14.9 Å². The molecule has 2 amide bonds. The van der Waals surface area contributed by atoms with Crippen molar-refractivity contribution in [3.8, 4) is 26.9 Å². The highest BCUT2D eigenvalue weighted by Gasteiger charge is 2.29. The molecule has 3 N–H and O–H groups in total. The third kappa shape index (κ3) is 5.79. The van der Waals surface area contributed by atoms with E-state index in [4.69, 9.17) is 14.7 Å². The molecule has 1 aliphatic heterocycles. The number of fused-ring (bicyclic) bond motifs is 1. The summed E-state index contributed by atoms with van der Waals surface area (Å²) in [5.74, 6) is 0.493. The molecule has 0 aliphatic carbocycles. The Kier molecular flexibility index (Phi) is 7.38. The first kappa shape index (κ1) is 26.8. The number of aryl methyl sites for hydroxylation is 1. The number of alkyl halides is 3. The molecule has 39 heavy (non-hydrogen) atoms. The maximum absolute atomic E-state index is 12.4. The number of halogens is 3. The van der Waals surface area contributed by atoms with Crippen LogP contribution in [-0.4, -0.2) is 47.7 Å². The predicted molar refractivity (Wildman–Crippen MR) is 145 cm³/mol. The van der Waals surface area contributed by atoms with E-state index in [0.717, 1.165) is 26.3 Å². The number of nitrogens with one attached hydrogen (secondary N) is 3. The van der Waals surface area contributed by atoms with Crippen LogP contribution in [0.5, 0.6) is 5.75 Å². The van der Waals surface area contributed by atoms with Gasteiger partial charge in [0.1, 0.15) is 28.7 Å². The second-order valence-corrected chi connectivity index (χ2v) is 10.6. The Hall–Kier alpha value is -3.81. The molecular weight excluding hydrogens is 551 g/mol. The maximum Gasteiger partial charge on any atom is 0.401 e. The Morgan fingerprint density at radius 3 is 2.46 bits per heavy atom. The molecule has 0 atom stereocenters. The summed E-state index contributed by atoms with van der Waals surface area (Å²) in [5, 5.41) is 10.3. The molecule has 202 valence electrons. The molecule has 0 spiro atoms. The van der Waals surface area contributed by atoms with Crippen LogP contribution in [0.25, 0.3) is 31.4 Å². The normalized spacial score (nSPS) is 13.9. The summed E-state index contributed by atoms with van der Waals surface area (Å²) in [6, 6.07) is 11.1. The summed E-state index contributed by atoms with van der Waals surface area (Å²) >= 11 is 2.96. The smallest absolute Gasteiger partial charge is 0.401 e. The molecule has 13 heteroatoms. The first-order valence-corrected chi connectivity index (χ1v) is 13.5. The molecule has 4 heterocycles. The average Bonchev–Trinajstić information content (AvgIpc) is 3.60. The number of aromatic nitrogens is 2. The molecule has 0 unspecified atom stereocenters. The highest BCUT2D eigenvalue weighted by Crippen LogP contribution is 2.42. The van der Waals surface area contributed by atoms with Gasteiger partial charge in [0.15, 0.2) is 5.82 Å². The highest BCUT2D eigenvalue weighted by molar-refractivity contribution is 7.22. The lowest BCUT2D eigenvalue weighted by molar-refractivity contribution is -0.125. The van der Waals surface area contributed by atoms with Crippen molar-refractivity contribution >= 4 is 50.5 Å². The van der Waals surface area contributed by atoms with Crippen molar-refractivity contribution in [2.24, 2.45) is 0 Å². The fourth-order valence-electron chi connectivity index (χ4n) is 4.01. The first-order valence-electron chi connectivity index (χ1n) is 11.8. The summed E-state index contributed by atoms with van der Waals surface area (Å²) in [6.45, 7) is 2.61. The van der Waals surface area contributed by atoms with Crippen molar-refractivity contribution in [2.75, 3.05) is 25.0 Å². The van der Waals surface area contributed by atoms with Crippen LogP contribution in [0.4, 0.5) is 19.0 Å². The number of hydrogen-bond acceptors (Lipinski definition) is 9. The quantitative estimate of drug-likeness (QED) is 0.185. The summed E-state index contributed by atoms with van der Waals surface area (Å²) in [6.07, 6.45) is -4.26. The number of anilines is 1. The second kappa shape index (κ2) is 10.8. The SMILES string of the molecule is CC1=C(Nc2nc(-c3cccs3)nc3sc(-c4ccc(OCCNCC(F)(F)F)cc4)c(C)c23)C(=O)NC1=O. The van der Waals surface area contributed by atoms with Crippen molar-refractivity contribution in [2.45, 2.75) is 20.0 Å². The van der Waals surface area contributed by atoms with Crippen LogP contribution >= 0.6 is 22.7 Å². The molecule has 5 rings (SSSR count). The fraction of sp³-hybridized carbons (Fsp3) is 0.231. The zero-order chi connectivity index (χ0) is 27.7. The van der Waals surface area contributed by atoms with Gasteiger partial charge in [-0.15, -0.1) is 22.7 Å². The van der Waals surface area contributed by atoms with Gasteiger partial charge in [-0.1, -0.05) is 6.07 Å². The molecule has 1 aromatic carbocycles. The number of thiophene rings is 2. The van der Waals surface area contributed by atoms with Crippen molar-refractivity contribution in [1.29, 1.82) is 0 Å². The molecular formula is C26H22F3N5O3S2. The van der Waals surface area contributed by atoms with Gasteiger partial charge in [0.25, 0.3) is 11.8 Å². The number of benzene rings is 1. The number of imide groups is 1. The number of rotatable bonds is 9. The molecule has 0 fully saturated rings. The molecule has 3 aromatic heterocycles. The Morgan fingerprint density at radius 2 is 1.82 bits per heavy atom. The van der Waals surface area contributed by atoms with Crippen LogP contribution in [0.3, 0.4) is 0 Å². The Balaban J connectivity index is 1.44. The van der Waals surface area contributed by atoms with E-state index >= 15 is 0 Å². The summed E-state index contributed by atoms with van der Waals surface area (Å²) < 4.78 is 42.3. The van der Waals surface area contributed by atoms with Gasteiger partial charge in [-0.2, -0.15) is 13.2 Å². The van der Waals surface area contributed by atoms with Gasteiger partial charge in [0, 0.05) is 17.0 Å². The third-order valence-electron chi connectivity index (χ3n) is 5.93. The Bertz CT molecular complexity index is 1580. The van der Waals surface area contributed by atoms with E-state index in [1.165, 1.54) is 22.7 Å². The summed E-state index contributed by atoms with van der Waals surface area (Å²) in [4.78, 5) is 36.4. The van der Waals surface area contributed by atoms with E-state index in [-0.39, 0.29) is 24.4 Å². The standard InChI is InChI=1S/C26H22F3N5O3S2/c1-13-18-22(31-19-14(2)23(35)34-24(19)36)32-21(17-4-3-11-38-17)33-25(18)39-20(13)15-5-7-16(8-6-15)37-10-9-30-12-26(27,28)29/h3-8,11,30H,9-10,12H2,1-2H3,(H2,31,32,33,34,35,36). The van der Waals surface area contributed by atoms with E-state index in [2.05, 4.69) is 16.0 Å². The monoisotopic (exact) mass is 573 g/mol. The minimum atomic E-state index is -4.26. The van der Waals surface area contributed by atoms with Crippen LogP contribution in [0.1, 0.15) is 12.5 Å². The molecule has 4 aromatic rings. The van der Waals surface area contributed by atoms with Gasteiger partial charge < -0.3 is 15.4 Å². The average molecular weight is 574 g/mol. The van der Waals surface area contributed by atoms with Crippen molar-refractivity contribution in [1.82, 2.24) is 20.6 Å². The Labute approximate surface area is 228 Å². The number of ether oxygens (including phenoxy) is 1. The fourth-order valence-corrected chi connectivity index (χ4v) is 5.85. The van der Waals surface area contributed by atoms with Gasteiger partial charge in [-0.05, 0) is 60.7 Å². The molecule has 0 saturated heterocycles. The van der Waals surface area contributed by atoms with Gasteiger partial charge in [0.05, 0.1) is 16.8 Å². The zero-order valence-corrected chi connectivity index (χ0v) is 22.4. The number of hydrogen-bond donors (Lipinski definition) is 3. The van der Waals surface area contributed by atoms with E-state index in [9.17, 15) is 22.8 Å². The number of nitrogens with zero attached hydrogens (tertiary/aromatic N) is 2. The van der Waals surface area contributed by atoms with E-state index in [1.807, 2.05) is 36.6 Å². The van der Waals surface area contributed by atoms with Gasteiger partial charge >= 0.3 is 6.18 Å². The van der Waals surface area contributed by atoms with E-state index in [0.29, 0.717) is 22.2 Å². The highest BCUT2D eigenvalue weighted by atomic mass is 32.1.